The number of nitrogens with one attached hydrogen (secondary N) is 2. The quantitative estimate of drug-likeness (QED) is 0.596. The van der Waals surface area contributed by atoms with E-state index < -0.39 is 0 Å². The van der Waals surface area contributed by atoms with Gasteiger partial charge in [0.2, 0.25) is 0 Å². The van der Waals surface area contributed by atoms with Gasteiger partial charge in [-0.05, 0) is 18.2 Å². The summed E-state index contributed by atoms with van der Waals surface area (Å²) in [6.45, 7) is 0. The van der Waals surface area contributed by atoms with E-state index in [1.165, 1.54) is 0 Å². The van der Waals surface area contributed by atoms with Gasteiger partial charge in [-0.2, -0.15) is 5.10 Å². The molecule has 2 aromatic rings. The molecule has 5 heteroatoms. The normalized spacial score (nSPS) is 12.4. The SMILES string of the molecule is Clc1ccc2c(c1)Nc1[nH]ncc1O2. The molecule has 0 aliphatic carbocycles. The first-order valence-electron chi connectivity index (χ1n) is 4.11. The maximum atomic E-state index is 5.86. The largest absolute Gasteiger partial charge is 0.450 e. The van der Waals surface area contributed by atoms with Crippen molar-refractivity contribution in [3.05, 3.63) is 29.4 Å². The molecule has 0 bridgehead atoms. The van der Waals surface area contributed by atoms with Crippen molar-refractivity contribution in [3.8, 4) is 11.5 Å². The zero-order chi connectivity index (χ0) is 9.54. The highest BCUT2D eigenvalue weighted by Crippen LogP contribution is 2.41. The zero-order valence-electron chi connectivity index (χ0n) is 7.04. The Balaban J connectivity index is 2.12. The number of aromatic amines is 1. The Morgan fingerprint density at radius 2 is 2.21 bits per heavy atom. The molecule has 70 valence electrons. The molecule has 0 amide bonds. The van der Waals surface area contributed by atoms with Crippen molar-refractivity contribution in [3.63, 3.8) is 0 Å². The topological polar surface area (TPSA) is 49.9 Å². The van der Waals surface area contributed by atoms with Crippen LogP contribution in [0.3, 0.4) is 0 Å². The van der Waals surface area contributed by atoms with Gasteiger partial charge in [0.1, 0.15) is 0 Å². The lowest BCUT2D eigenvalue weighted by atomic mass is 10.2. The minimum atomic E-state index is 0.669. The fourth-order valence-electron chi connectivity index (χ4n) is 1.38. The zero-order valence-corrected chi connectivity index (χ0v) is 7.80. The smallest absolute Gasteiger partial charge is 0.189 e. The number of rotatable bonds is 0. The molecular formula is C9H6ClN3O. The Kier molecular flexibility index (Phi) is 1.46. The van der Waals surface area contributed by atoms with Gasteiger partial charge in [-0.3, -0.25) is 5.10 Å². The summed E-state index contributed by atoms with van der Waals surface area (Å²) in [6.07, 6.45) is 1.62. The third kappa shape index (κ3) is 1.04. The van der Waals surface area contributed by atoms with Crippen LogP contribution in [0.15, 0.2) is 24.4 Å². The first-order valence-corrected chi connectivity index (χ1v) is 4.48. The predicted octanol–water partition coefficient (Wildman–Crippen LogP) is 2.91. The molecule has 0 unspecified atom stereocenters. The standard InChI is InChI=1S/C9H6ClN3O/c10-5-1-2-7-6(3-5)12-9-8(14-7)4-11-13-9/h1-4H,(H2,11,12,13). The molecule has 2 N–H and O–H groups in total. The number of hydrogen-bond acceptors (Lipinski definition) is 3. The van der Waals surface area contributed by atoms with Gasteiger partial charge in [0, 0.05) is 5.02 Å². The number of fused-ring (bicyclic) bond motifs is 2. The van der Waals surface area contributed by atoms with Crippen molar-refractivity contribution in [2.45, 2.75) is 0 Å². The summed E-state index contributed by atoms with van der Waals surface area (Å²) < 4.78 is 5.56. The molecule has 1 aromatic carbocycles. The van der Waals surface area contributed by atoms with Gasteiger partial charge in [0.15, 0.2) is 17.3 Å². The van der Waals surface area contributed by atoms with E-state index in [0.29, 0.717) is 10.8 Å². The maximum Gasteiger partial charge on any atom is 0.189 e. The summed E-state index contributed by atoms with van der Waals surface area (Å²) >= 11 is 5.86. The molecule has 0 fully saturated rings. The minimum Gasteiger partial charge on any atom is -0.450 e. The second-order valence-electron chi connectivity index (χ2n) is 2.98. The monoisotopic (exact) mass is 207 g/mol. The fraction of sp³-hybridized carbons (Fsp3) is 0. The third-order valence-corrected chi connectivity index (χ3v) is 2.26. The summed E-state index contributed by atoms with van der Waals surface area (Å²) in [5.41, 5.74) is 0.842. The number of anilines is 2. The Labute approximate surface area is 84.8 Å². The molecule has 1 aliphatic rings. The lowest BCUT2D eigenvalue weighted by molar-refractivity contribution is 0.481. The molecule has 2 heterocycles. The number of nitrogens with zero attached hydrogens (tertiary/aromatic N) is 1. The number of hydrogen-bond donors (Lipinski definition) is 2. The Bertz CT molecular complexity index is 495. The Morgan fingerprint density at radius 1 is 1.29 bits per heavy atom. The molecule has 1 aliphatic heterocycles. The van der Waals surface area contributed by atoms with E-state index in [0.717, 1.165) is 17.3 Å². The minimum absolute atomic E-state index is 0.669. The van der Waals surface area contributed by atoms with Crippen LogP contribution in [-0.2, 0) is 0 Å². The van der Waals surface area contributed by atoms with Crippen molar-refractivity contribution in [1.29, 1.82) is 0 Å². The van der Waals surface area contributed by atoms with Gasteiger partial charge >= 0.3 is 0 Å². The third-order valence-electron chi connectivity index (χ3n) is 2.03. The molecule has 0 spiro atoms. The van der Waals surface area contributed by atoms with Crippen LogP contribution in [0.25, 0.3) is 0 Å². The van der Waals surface area contributed by atoms with Gasteiger partial charge in [-0.25, -0.2) is 0 Å². The van der Waals surface area contributed by atoms with Crippen molar-refractivity contribution >= 4 is 23.1 Å². The summed E-state index contributed by atoms with van der Waals surface area (Å²) in [5.74, 6) is 2.20. The van der Waals surface area contributed by atoms with E-state index >= 15 is 0 Å². The molecule has 14 heavy (non-hydrogen) atoms. The molecule has 0 saturated carbocycles. The van der Waals surface area contributed by atoms with E-state index in [9.17, 15) is 0 Å². The Hall–Kier alpha value is -1.68. The molecule has 0 atom stereocenters. The molecule has 1 aromatic heterocycles. The highest BCUT2D eigenvalue weighted by Gasteiger charge is 2.17. The van der Waals surface area contributed by atoms with Crippen LogP contribution >= 0.6 is 11.6 Å². The van der Waals surface area contributed by atoms with E-state index in [-0.39, 0.29) is 0 Å². The van der Waals surface area contributed by atoms with Gasteiger partial charge in [0.05, 0.1) is 11.9 Å². The van der Waals surface area contributed by atoms with Crippen molar-refractivity contribution in [2.24, 2.45) is 0 Å². The number of benzene rings is 1. The summed E-state index contributed by atoms with van der Waals surface area (Å²) in [5, 5.41) is 10.5. The Morgan fingerprint density at radius 3 is 3.14 bits per heavy atom. The van der Waals surface area contributed by atoms with Crippen LogP contribution < -0.4 is 10.1 Å². The maximum absolute atomic E-state index is 5.86. The van der Waals surface area contributed by atoms with Gasteiger partial charge in [-0.15, -0.1) is 0 Å². The van der Waals surface area contributed by atoms with Gasteiger partial charge in [0.25, 0.3) is 0 Å². The molecule has 3 rings (SSSR count). The van der Waals surface area contributed by atoms with Crippen molar-refractivity contribution < 1.29 is 4.74 Å². The van der Waals surface area contributed by atoms with Crippen molar-refractivity contribution in [1.82, 2.24) is 10.2 Å². The summed E-state index contributed by atoms with van der Waals surface area (Å²) in [4.78, 5) is 0. The second kappa shape index (κ2) is 2.65. The first-order chi connectivity index (χ1) is 6.83. The van der Waals surface area contributed by atoms with E-state index in [1.54, 1.807) is 18.3 Å². The van der Waals surface area contributed by atoms with Crippen LogP contribution in [0.5, 0.6) is 11.5 Å². The van der Waals surface area contributed by atoms with Gasteiger partial charge in [-0.1, -0.05) is 11.6 Å². The summed E-state index contributed by atoms with van der Waals surface area (Å²) in [7, 11) is 0. The summed E-state index contributed by atoms with van der Waals surface area (Å²) in [6, 6.07) is 5.41. The van der Waals surface area contributed by atoms with Crippen LogP contribution in [0.1, 0.15) is 0 Å². The van der Waals surface area contributed by atoms with E-state index in [2.05, 4.69) is 15.5 Å². The van der Waals surface area contributed by atoms with E-state index in [1.807, 2.05) is 6.07 Å². The molecular weight excluding hydrogens is 202 g/mol. The second-order valence-corrected chi connectivity index (χ2v) is 3.41. The van der Waals surface area contributed by atoms with Crippen LogP contribution in [0.2, 0.25) is 5.02 Å². The first kappa shape index (κ1) is 7.70. The average molecular weight is 208 g/mol. The van der Waals surface area contributed by atoms with Crippen LogP contribution in [0.4, 0.5) is 11.5 Å². The van der Waals surface area contributed by atoms with Crippen LogP contribution in [0, 0.1) is 0 Å². The molecule has 4 nitrogen and oxygen atoms in total. The van der Waals surface area contributed by atoms with E-state index in [4.69, 9.17) is 16.3 Å². The lowest BCUT2D eigenvalue weighted by Gasteiger charge is -2.17. The fourth-order valence-corrected chi connectivity index (χ4v) is 1.56. The van der Waals surface area contributed by atoms with Gasteiger partial charge < -0.3 is 10.1 Å². The van der Waals surface area contributed by atoms with Crippen LogP contribution in [-0.4, -0.2) is 10.2 Å². The number of H-pyrrole nitrogens is 1. The molecule has 0 saturated heterocycles. The average Bonchev–Trinajstić information content (AvgIpc) is 2.61. The predicted molar refractivity (Wildman–Crippen MR) is 53.4 cm³/mol. The highest BCUT2D eigenvalue weighted by molar-refractivity contribution is 6.31. The number of aromatic nitrogens is 2. The molecule has 0 radical (unpaired) electrons. The highest BCUT2D eigenvalue weighted by atomic mass is 35.5. The number of ether oxygens (including phenoxy) is 1. The number of halogens is 1. The van der Waals surface area contributed by atoms with Crippen molar-refractivity contribution in [2.75, 3.05) is 5.32 Å². The lowest BCUT2D eigenvalue weighted by Crippen LogP contribution is -2.01.